The fourth-order valence-corrected chi connectivity index (χ4v) is 4.76. The van der Waals surface area contributed by atoms with Crippen LogP contribution in [0.15, 0.2) is 0 Å². The number of hydrogen-bond donors (Lipinski definition) is 2. The van der Waals surface area contributed by atoms with Gasteiger partial charge in [0.2, 0.25) is 0 Å². The summed E-state index contributed by atoms with van der Waals surface area (Å²) in [5.74, 6) is -0.612. The van der Waals surface area contributed by atoms with Gasteiger partial charge in [-0.3, -0.25) is 9.69 Å². The Hall–Kier alpha value is -1.90. The third-order valence-electron chi connectivity index (χ3n) is 6.43. The Morgan fingerprint density at radius 1 is 1.13 bits per heavy atom. The molecule has 2 N–H and O–H groups in total. The molecular formula is C22H35N3O5. The van der Waals surface area contributed by atoms with E-state index >= 15 is 0 Å². The molecule has 168 valence electrons. The van der Waals surface area contributed by atoms with Crippen LogP contribution < -0.4 is 5.32 Å². The van der Waals surface area contributed by atoms with Gasteiger partial charge in [0, 0.05) is 38.0 Å². The molecule has 1 amide bonds. The molecule has 1 saturated carbocycles. The molecule has 3 rings (SSSR count). The van der Waals surface area contributed by atoms with Gasteiger partial charge >= 0.3 is 5.97 Å². The lowest BCUT2D eigenvalue weighted by molar-refractivity contribution is -0.0361. The van der Waals surface area contributed by atoms with Crippen molar-refractivity contribution in [3.63, 3.8) is 0 Å². The van der Waals surface area contributed by atoms with Gasteiger partial charge in [-0.2, -0.15) is 0 Å². The van der Waals surface area contributed by atoms with Gasteiger partial charge in [0.15, 0.2) is 0 Å². The zero-order valence-electron chi connectivity index (χ0n) is 18.5. The smallest absolute Gasteiger partial charge is 0.340 e. The Labute approximate surface area is 178 Å². The number of ether oxygens (including phenoxy) is 3. The lowest BCUT2D eigenvalue weighted by atomic mass is 9.79. The van der Waals surface area contributed by atoms with E-state index in [4.69, 9.17) is 14.2 Å². The molecule has 0 aromatic carbocycles. The number of aryl methyl sites for hydroxylation is 1. The van der Waals surface area contributed by atoms with Gasteiger partial charge in [-0.05, 0) is 32.3 Å². The third-order valence-corrected chi connectivity index (χ3v) is 6.43. The summed E-state index contributed by atoms with van der Waals surface area (Å²) < 4.78 is 15.7. The summed E-state index contributed by atoms with van der Waals surface area (Å²) in [7, 11) is 1.55. The zero-order chi connectivity index (χ0) is 21.6. The number of carbonyl (C=O) groups excluding carboxylic acids is 2. The molecule has 2 fully saturated rings. The molecule has 8 heteroatoms. The Morgan fingerprint density at radius 3 is 2.50 bits per heavy atom. The number of H-pyrrole nitrogens is 1. The molecule has 0 spiro atoms. The molecule has 2 heterocycles. The number of nitrogens with one attached hydrogen (secondary N) is 2. The summed E-state index contributed by atoms with van der Waals surface area (Å²) in [6, 6.07) is 0. The molecule has 0 unspecified atom stereocenters. The van der Waals surface area contributed by atoms with Crippen LogP contribution in [0.4, 0.5) is 0 Å². The number of amides is 1. The summed E-state index contributed by atoms with van der Waals surface area (Å²) in [6.45, 7) is 8.02. The number of aromatic nitrogens is 1. The Kier molecular flexibility index (Phi) is 7.91. The number of hydrogen-bond acceptors (Lipinski definition) is 6. The van der Waals surface area contributed by atoms with E-state index in [9.17, 15) is 9.59 Å². The fourth-order valence-electron chi connectivity index (χ4n) is 4.76. The Morgan fingerprint density at radius 2 is 1.83 bits per heavy atom. The number of rotatable bonds is 8. The quantitative estimate of drug-likeness (QED) is 0.494. The Bertz CT molecular complexity index is 733. The largest absolute Gasteiger partial charge is 0.460 e. The SMILES string of the molecule is COCCOC(=O)c1c(C)[nH]c(C(=O)NCC2(N3CCOCC3)CCCCC2)c1C. The van der Waals surface area contributed by atoms with Crippen LogP contribution in [0.25, 0.3) is 0 Å². The van der Waals surface area contributed by atoms with Crippen LogP contribution >= 0.6 is 0 Å². The minimum Gasteiger partial charge on any atom is -0.460 e. The molecule has 1 aliphatic heterocycles. The van der Waals surface area contributed by atoms with Crippen molar-refractivity contribution in [1.82, 2.24) is 15.2 Å². The van der Waals surface area contributed by atoms with Crippen LogP contribution in [0.5, 0.6) is 0 Å². The van der Waals surface area contributed by atoms with E-state index in [0.29, 0.717) is 35.7 Å². The van der Waals surface area contributed by atoms with Crippen molar-refractivity contribution in [2.45, 2.75) is 51.5 Å². The normalized spacial score (nSPS) is 19.4. The highest BCUT2D eigenvalue weighted by Crippen LogP contribution is 2.34. The van der Waals surface area contributed by atoms with Crippen molar-refractivity contribution in [1.29, 1.82) is 0 Å². The predicted molar refractivity (Wildman–Crippen MR) is 113 cm³/mol. The minimum atomic E-state index is -0.436. The van der Waals surface area contributed by atoms with Crippen LogP contribution in [-0.2, 0) is 14.2 Å². The van der Waals surface area contributed by atoms with Gasteiger partial charge in [0.1, 0.15) is 12.3 Å². The second-order valence-electron chi connectivity index (χ2n) is 8.32. The monoisotopic (exact) mass is 421 g/mol. The maximum absolute atomic E-state index is 13.0. The van der Waals surface area contributed by atoms with Crippen molar-refractivity contribution >= 4 is 11.9 Å². The zero-order valence-corrected chi connectivity index (χ0v) is 18.5. The van der Waals surface area contributed by atoms with Crippen LogP contribution in [0.1, 0.15) is 64.2 Å². The molecule has 1 aliphatic carbocycles. The molecule has 1 saturated heterocycles. The molecule has 2 aliphatic rings. The summed E-state index contributed by atoms with van der Waals surface area (Å²) in [4.78, 5) is 31.0. The van der Waals surface area contributed by atoms with E-state index in [1.807, 2.05) is 0 Å². The summed E-state index contributed by atoms with van der Waals surface area (Å²) in [5, 5.41) is 3.15. The van der Waals surface area contributed by atoms with Crippen LogP contribution in [0, 0.1) is 13.8 Å². The molecule has 0 bridgehead atoms. The maximum atomic E-state index is 13.0. The number of esters is 1. The van der Waals surface area contributed by atoms with Gasteiger partial charge in [-0.15, -0.1) is 0 Å². The van der Waals surface area contributed by atoms with Crippen molar-refractivity contribution in [3.05, 3.63) is 22.5 Å². The third kappa shape index (κ3) is 5.04. The van der Waals surface area contributed by atoms with E-state index in [0.717, 1.165) is 39.1 Å². The van der Waals surface area contributed by atoms with Crippen molar-refractivity contribution in [2.75, 3.05) is 53.2 Å². The number of nitrogens with zero attached hydrogens (tertiary/aromatic N) is 1. The van der Waals surface area contributed by atoms with Gasteiger partial charge < -0.3 is 24.5 Å². The molecule has 1 aromatic heterocycles. The van der Waals surface area contributed by atoms with Gasteiger partial charge in [-0.25, -0.2) is 4.79 Å². The van der Waals surface area contributed by atoms with Crippen molar-refractivity contribution in [2.24, 2.45) is 0 Å². The summed E-state index contributed by atoms with van der Waals surface area (Å²) >= 11 is 0. The van der Waals surface area contributed by atoms with E-state index in [-0.39, 0.29) is 18.1 Å². The lowest BCUT2D eigenvalue weighted by Gasteiger charge is -2.48. The highest BCUT2D eigenvalue weighted by Gasteiger charge is 2.39. The number of carbonyl (C=O) groups is 2. The molecule has 1 aromatic rings. The average molecular weight is 422 g/mol. The molecular weight excluding hydrogens is 386 g/mol. The lowest BCUT2D eigenvalue weighted by Crippen LogP contribution is -2.59. The molecule has 0 radical (unpaired) electrons. The van der Waals surface area contributed by atoms with Crippen LogP contribution in [0.3, 0.4) is 0 Å². The second-order valence-corrected chi connectivity index (χ2v) is 8.32. The predicted octanol–water partition coefficient (Wildman–Crippen LogP) is 2.20. The topological polar surface area (TPSA) is 92.9 Å². The van der Waals surface area contributed by atoms with E-state index < -0.39 is 5.97 Å². The first-order chi connectivity index (χ1) is 14.5. The van der Waals surface area contributed by atoms with E-state index in [1.165, 1.54) is 19.3 Å². The first kappa shape index (κ1) is 22.8. The van der Waals surface area contributed by atoms with E-state index in [2.05, 4.69) is 15.2 Å². The maximum Gasteiger partial charge on any atom is 0.340 e. The van der Waals surface area contributed by atoms with Crippen molar-refractivity contribution < 1.29 is 23.8 Å². The fraction of sp³-hybridized carbons (Fsp3) is 0.727. The standard InChI is InChI=1S/C22H35N3O5/c1-16-18(21(27)30-14-13-28-3)17(2)24-19(16)20(26)23-15-22(7-5-4-6-8-22)25-9-11-29-12-10-25/h24H,4-15H2,1-3H3,(H,23,26). The highest BCUT2D eigenvalue weighted by atomic mass is 16.6. The highest BCUT2D eigenvalue weighted by molar-refractivity contribution is 6.00. The summed E-state index contributed by atoms with van der Waals surface area (Å²) in [6.07, 6.45) is 5.81. The van der Waals surface area contributed by atoms with Crippen molar-refractivity contribution in [3.8, 4) is 0 Å². The van der Waals surface area contributed by atoms with E-state index in [1.54, 1.807) is 21.0 Å². The number of aromatic amines is 1. The minimum absolute atomic E-state index is 0.00482. The van der Waals surface area contributed by atoms with Crippen LogP contribution in [0.2, 0.25) is 0 Å². The number of morpholine rings is 1. The molecule has 30 heavy (non-hydrogen) atoms. The first-order valence-electron chi connectivity index (χ1n) is 10.9. The second kappa shape index (κ2) is 10.4. The summed E-state index contributed by atoms with van der Waals surface area (Å²) in [5.41, 5.74) is 2.11. The number of methoxy groups -OCH3 is 1. The van der Waals surface area contributed by atoms with Gasteiger partial charge in [0.05, 0.1) is 25.4 Å². The molecule has 8 nitrogen and oxygen atoms in total. The molecule has 0 atom stereocenters. The van der Waals surface area contributed by atoms with Gasteiger partial charge in [-0.1, -0.05) is 19.3 Å². The van der Waals surface area contributed by atoms with Crippen LogP contribution in [-0.4, -0.2) is 80.5 Å². The first-order valence-corrected chi connectivity index (χ1v) is 10.9. The van der Waals surface area contributed by atoms with Gasteiger partial charge in [0.25, 0.3) is 5.91 Å². The average Bonchev–Trinajstić information content (AvgIpc) is 3.07. The Balaban J connectivity index is 1.69.